The van der Waals surface area contributed by atoms with Crippen molar-refractivity contribution in [2.45, 2.75) is 82.8 Å². The maximum atomic E-state index is 6.98. The predicted octanol–water partition coefficient (Wildman–Crippen LogP) is 3.45. The molecule has 6 fully saturated rings. The van der Waals surface area contributed by atoms with Crippen LogP contribution in [0.4, 0.5) is 0 Å². The highest BCUT2D eigenvalue weighted by molar-refractivity contribution is 5.15. The largest absolute Gasteiger partial charge is 0.348 e. The highest BCUT2D eigenvalue weighted by Gasteiger charge is 2.69. The van der Waals surface area contributed by atoms with E-state index in [0.717, 1.165) is 58.0 Å². The summed E-state index contributed by atoms with van der Waals surface area (Å²) in [5, 5.41) is 0. The molecule has 0 aromatic heterocycles. The van der Waals surface area contributed by atoms with E-state index < -0.39 is 0 Å². The smallest absolute Gasteiger partial charge is 0.174 e. The number of nitrogens with two attached hydrogens (primary N) is 1. The Balaban J connectivity index is 1.31. The maximum Gasteiger partial charge on any atom is 0.174 e. The monoisotopic (exact) mass is 391 g/mol. The minimum atomic E-state index is -0.331. The zero-order valence-electron chi connectivity index (χ0n) is 17.6. The molecule has 2 spiro atoms. The third-order valence-electron chi connectivity index (χ3n) is 10.4. The van der Waals surface area contributed by atoms with Crippen molar-refractivity contribution in [3.05, 3.63) is 0 Å². The van der Waals surface area contributed by atoms with E-state index in [-0.39, 0.29) is 23.0 Å². The van der Waals surface area contributed by atoms with Crippen LogP contribution in [0, 0.1) is 34.5 Å². The predicted molar refractivity (Wildman–Crippen MR) is 104 cm³/mol. The van der Waals surface area contributed by atoms with Gasteiger partial charge in [0.05, 0.1) is 26.4 Å². The van der Waals surface area contributed by atoms with Crippen LogP contribution < -0.4 is 5.73 Å². The van der Waals surface area contributed by atoms with Gasteiger partial charge in [0.2, 0.25) is 0 Å². The summed E-state index contributed by atoms with van der Waals surface area (Å²) in [4.78, 5) is 0. The first kappa shape index (κ1) is 18.6. The summed E-state index contributed by atoms with van der Waals surface area (Å²) in [6, 6.07) is 0.279. The van der Waals surface area contributed by atoms with Gasteiger partial charge in [-0.25, -0.2) is 0 Å². The number of hydrogen-bond acceptors (Lipinski definition) is 5. The van der Waals surface area contributed by atoms with Crippen molar-refractivity contribution in [2.75, 3.05) is 26.4 Å². The minimum absolute atomic E-state index is 0.124. The molecular formula is C23H37NO4. The van der Waals surface area contributed by atoms with Crippen LogP contribution in [0.5, 0.6) is 0 Å². The summed E-state index contributed by atoms with van der Waals surface area (Å²) in [7, 11) is 0. The normalized spacial score (nSPS) is 53.9. The lowest BCUT2D eigenvalue weighted by molar-refractivity contribution is -0.259. The maximum absolute atomic E-state index is 6.98. The molecule has 4 saturated carbocycles. The topological polar surface area (TPSA) is 62.9 Å². The van der Waals surface area contributed by atoms with E-state index in [0.29, 0.717) is 23.2 Å². The fourth-order valence-electron chi connectivity index (χ4n) is 8.91. The van der Waals surface area contributed by atoms with E-state index in [1.54, 1.807) is 0 Å². The second kappa shape index (κ2) is 5.94. The SMILES string of the molecule is C[C@]12CCC3(CC1C[C@H](N)[C@@H]1[C@@H]2CC[C@@]2(C)[C@H]1CCC21OCCO1)OCCO3. The molecule has 2 aliphatic heterocycles. The Hall–Kier alpha value is -0.200. The zero-order valence-corrected chi connectivity index (χ0v) is 17.6. The van der Waals surface area contributed by atoms with Crippen molar-refractivity contribution in [2.24, 2.45) is 40.2 Å². The third kappa shape index (κ3) is 2.21. The van der Waals surface area contributed by atoms with Gasteiger partial charge in [-0.2, -0.15) is 0 Å². The van der Waals surface area contributed by atoms with E-state index in [2.05, 4.69) is 13.8 Å². The molecule has 6 rings (SSSR count). The molecule has 2 heterocycles. The molecule has 0 aromatic rings. The molecule has 0 radical (unpaired) electrons. The van der Waals surface area contributed by atoms with E-state index in [4.69, 9.17) is 24.7 Å². The van der Waals surface area contributed by atoms with Crippen LogP contribution in [0.1, 0.15) is 65.2 Å². The second-order valence-corrected chi connectivity index (χ2v) is 11.1. The first-order valence-corrected chi connectivity index (χ1v) is 11.7. The van der Waals surface area contributed by atoms with Crippen molar-refractivity contribution in [3.63, 3.8) is 0 Å². The highest BCUT2D eigenvalue weighted by Crippen LogP contribution is 2.70. The molecular weight excluding hydrogens is 354 g/mol. The molecule has 1 unspecified atom stereocenters. The van der Waals surface area contributed by atoms with Crippen LogP contribution in [-0.2, 0) is 18.9 Å². The van der Waals surface area contributed by atoms with Crippen LogP contribution in [0.2, 0.25) is 0 Å². The Bertz CT molecular complexity index is 643. The zero-order chi connectivity index (χ0) is 19.2. The fraction of sp³-hybridized carbons (Fsp3) is 1.00. The average Bonchev–Trinajstić information content (AvgIpc) is 3.39. The molecule has 0 aromatic carbocycles. The van der Waals surface area contributed by atoms with Crippen molar-refractivity contribution in [1.82, 2.24) is 0 Å². The summed E-state index contributed by atoms with van der Waals surface area (Å²) in [6.45, 7) is 8.03. The number of hydrogen-bond donors (Lipinski definition) is 1. The molecule has 28 heavy (non-hydrogen) atoms. The summed E-state index contributed by atoms with van der Waals surface area (Å²) >= 11 is 0. The first-order valence-electron chi connectivity index (χ1n) is 11.7. The van der Waals surface area contributed by atoms with Gasteiger partial charge in [-0.05, 0) is 61.2 Å². The molecule has 5 heteroatoms. The van der Waals surface area contributed by atoms with E-state index in [1.165, 1.54) is 25.7 Å². The second-order valence-electron chi connectivity index (χ2n) is 11.1. The van der Waals surface area contributed by atoms with Crippen molar-refractivity contribution < 1.29 is 18.9 Å². The Morgan fingerprint density at radius 2 is 1.46 bits per heavy atom. The molecule has 2 saturated heterocycles. The van der Waals surface area contributed by atoms with Crippen LogP contribution in [0.25, 0.3) is 0 Å². The van der Waals surface area contributed by atoms with Gasteiger partial charge in [0, 0.05) is 30.7 Å². The Morgan fingerprint density at radius 1 is 0.786 bits per heavy atom. The molecule has 158 valence electrons. The molecule has 4 aliphatic carbocycles. The molecule has 7 atom stereocenters. The molecule has 0 amide bonds. The van der Waals surface area contributed by atoms with Crippen LogP contribution >= 0.6 is 0 Å². The summed E-state index contributed by atoms with van der Waals surface area (Å²) in [5.41, 5.74) is 7.48. The van der Waals surface area contributed by atoms with Gasteiger partial charge in [-0.3, -0.25) is 0 Å². The minimum Gasteiger partial charge on any atom is -0.348 e. The first-order chi connectivity index (χ1) is 13.4. The van der Waals surface area contributed by atoms with Gasteiger partial charge < -0.3 is 24.7 Å². The van der Waals surface area contributed by atoms with E-state index >= 15 is 0 Å². The van der Waals surface area contributed by atoms with Gasteiger partial charge in [-0.15, -0.1) is 0 Å². The third-order valence-corrected chi connectivity index (χ3v) is 10.4. The lowest BCUT2D eigenvalue weighted by atomic mass is 9.43. The summed E-state index contributed by atoms with van der Waals surface area (Å²) in [5.74, 6) is 1.94. The lowest BCUT2D eigenvalue weighted by Crippen LogP contribution is -2.63. The van der Waals surface area contributed by atoms with Crippen molar-refractivity contribution in [3.8, 4) is 0 Å². The quantitative estimate of drug-likeness (QED) is 0.685. The average molecular weight is 392 g/mol. The Labute approximate surface area is 169 Å². The standard InChI is InChI=1S/C23H37NO4/c1-20-7-8-22(25-9-10-26-22)14-15(20)13-18(24)19-16(20)3-5-21(2)17(19)4-6-23(21)27-11-12-28-23/h15-19H,3-14,24H2,1-2H3/t15?,16-,17-,18-,19+,20-,21-/m0/s1. The summed E-state index contributed by atoms with van der Waals surface area (Å²) < 4.78 is 24.8. The van der Waals surface area contributed by atoms with Crippen LogP contribution in [-0.4, -0.2) is 44.0 Å². The number of ether oxygens (including phenoxy) is 4. The van der Waals surface area contributed by atoms with Gasteiger partial charge in [0.15, 0.2) is 11.6 Å². The molecule has 6 aliphatic rings. The highest BCUT2D eigenvalue weighted by atomic mass is 16.7. The van der Waals surface area contributed by atoms with Crippen molar-refractivity contribution in [1.29, 1.82) is 0 Å². The van der Waals surface area contributed by atoms with Gasteiger partial charge in [0.1, 0.15) is 0 Å². The van der Waals surface area contributed by atoms with Gasteiger partial charge in [0.25, 0.3) is 0 Å². The van der Waals surface area contributed by atoms with Gasteiger partial charge in [-0.1, -0.05) is 13.8 Å². The molecule has 5 nitrogen and oxygen atoms in total. The van der Waals surface area contributed by atoms with Gasteiger partial charge >= 0.3 is 0 Å². The van der Waals surface area contributed by atoms with Crippen LogP contribution in [0.3, 0.4) is 0 Å². The Kier molecular flexibility index (Phi) is 3.94. The fourth-order valence-corrected chi connectivity index (χ4v) is 8.91. The molecule has 2 N–H and O–H groups in total. The number of fused-ring (bicyclic) bond motifs is 6. The summed E-state index contributed by atoms with van der Waals surface area (Å²) in [6.07, 6.45) is 9.17. The lowest BCUT2D eigenvalue weighted by Gasteiger charge is -2.63. The Morgan fingerprint density at radius 3 is 2.21 bits per heavy atom. The van der Waals surface area contributed by atoms with E-state index in [9.17, 15) is 0 Å². The van der Waals surface area contributed by atoms with Crippen molar-refractivity contribution >= 4 is 0 Å². The van der Waals surface area contributed by atoms with Crippen LogP contribution in [0.15, 0.2) is 0 Å². The van der Waals surface area contributed by atoms with E-state index in [1.807, 2.05) is 0 Å². The number of rotatable bonds is 0. The molecule has 0 bridgehead atoms.